The van der Waals surface area contributed by atoms with Gasteiger partial charge in [-0.05, 0) is 39.0 Å². The van der Waals surface area contributed by atoms with Gasteiger partial charge in [-0.25, -0.2) is 0 Å². The number of rotatable bonds is 7. The van der Waals surface area contributed by atoms with Gasteiger partial charge in [0.05, 0.1) is 18.2 Å². The fourth-order valence-electron chi connectivity index (χ4n) is 4.13. The van der Waals surface area contributed by atoms with E-state index in [2.05, 4.69) is 12.2 Å². The molecule has 0 aliphatic carbocycles. The lowest BCUT2D eigenvalue weighted by Gasteiger charge is -2.44. The van der Waals surface area contributed by atoms with Crippen molar-refractivity contribution in [2.75, 3.05) is 19.8 Å². The van der Waals surface area contributed by atoms with Gasteiger partial charge in [0, 0.05) is 6.54 Å². The summed E-state index contributed by atoms with van der Waals surface area (Å²) in [5.41, 5.74) is -0.755. The molecule has 0 spiro atoms. The third kappa shape index (κ3) is 5.72. The van der Waals surface area contributed by atoms with Crippen LogP contribution in [0.5, 0.6) is 0 Å². The number of aliphatic hydroxyl groups excluding tert-OH is 4. The lowest BCUT2D eigenvalue weighted by atomic mass is 9.92. The molecule has 2 saturated heterocycles. The molecule has 5 N–H and O–H groups in total. The molecule has 0 aromatic carbocycles. The molecule has 1 amide bonds. The standard InChI is InChI=1S/C18H34N2O6S.ClH/c1-5-6-10-7-11(20(3)8-10)17(25)19-12(9(2)21)16-14(23)13(22)15(24)18(26-16)27-4;/h9-16,18,21-24H,5-8H2,1-4H3,(H,19,25);1H/t9?,10-,11+,12+,13+,14-,15-,16+,18-;/m1./s1. The summed E-state index contributed by atoms with van der Waals surface area (Å²) >= 11 is 1.20. The maximum absolute atomic E-state index is 12.8. The van der Waals surface area contributed by atoms with Gasteiger partial charge in [0.2, 0.25) is 5.91 Å². The number of halogens is 1. The minimum Gasteiger partial charge on any atom is -0.391 e. The summed E-state index contributed by atoms with van der Waals surface area (Å²) in [6, 6.07) is -1.20. The summed E-state index contributed by atoms with van der Waals surface area (Å²) in [5.74, 6) is 0.245. The number of nitrogens with zero attached hydrogens (tertiary/aromatic N) is 1. The summed E-state index contributed by atoms with van der Waals surface area (Å²) < 4.78 is 5.72. The molecule has 0 saturated carbocycles. The van der Waals surface area contributed by atoms with E-state index in [0.717, 1.165) is 25.8 Å². The predicted molar refractivity (Wildman–Crippen MR) is 110 cm³/mol. The summed E-state index contributed by atoms with van der Waals surface area (Å²) in [4.78, 5) is 14.9. The number of hydrogen-bond donors (Lipinski definition) is 5. The number of likely N-dealkylation sites (N-methyl/N-ethyl adjacent to an activating group) is 1. The van der Waals surface area contributed by atoms with Crippen molar-refractivity contribution in [1.82, 2.24) is 10.2 Å². The first-order chi connectivity index (χ1) is 12.7. The summed E-state index contributed by atoms with van der Waals surface area (Å²) in [6.45, 7) is 4.48. The van der Waals surface area contributed by atoms with Crippen LogP contribution in [0, 0.1) is 5.92 Å². The van der Waals surface area contributed by atoms with Gasteiger partial charge >= 0.3 is 0 Å². The monoisotopic (exact) mass is 442 g/mol. The molecule has 0 aromatic rings. The Kier molecular flexibility index (Phi) is 10.5. The maximum atomic E-state index is 12.8. The maximum Gasteiger partial charge on any atom is 0.237 e. The summed E-state index contributed by atoms with van der Waals surface area (Å²) in [5, 5.41) is 43.5. The van der Waals surface area contributed by atoms with Crippen LogP contribution in [0.3, 0.4) is 0 Å². The van der Waals surface area contributed by atoms with Crippen LogP contribution in [0.1, 0.15) is 33.1 Å². The van der Waals surface area contributed by atoms with E-state index < -0.39 is 42.0 Å². The Morgan fingerprint density at radius 1 is 1.29 bits per heavy atom. The zero-order valence-electron chi connectivity index (χ0n) is 16.9. The molecular weight excluding hydrogens is 408 g/mol. The van der Waals surface area contributed by atoms with Crippen LogP contribution < -0.4 is 5.32 Å². The van der Waals surface area contributed by atoms with Crippen molar-refractivity contribution < 1.29 is 30.0 Å². The van der Waals surface area contributed by atoms with E-state index in [9.17, 15) is 25.2 Å². The second-order valence-corrected chi connectivity index (χ2v) is 8.73. The lowest BCUT2D eigenvalue weighted by molar-refractivity contribution is -0.211. The second kappa shape index (κ2) is 11.3. The molecule has 2 fully saturated rings. The summed E-state index contributed by atoms with van der Waals surface area (Å²) in [7, 11) is 1.91. The van der Waals surface area contributed by atoms with Crippen LogP contribution in [0.15, 0.2) is 0 Å². The Balaban J connectivity index is 0.00000392. The number of amides is 1. The van der Waals surface area contributed by atoms with Gasteiger partial charge in [-0.3, -0.25) is 9.69 Å². The number of carbonyl (C=O) groups is 1. The minimum absolute atomic E-state index is 0. The van der Waals surface area contributed by atoms with E-state index in [1.165, 1.54) is 18.7 Å². The first-order valence-electron chi connectivity index (χ1n) is 9.62. The molecule has 0 bridgehead atoms. The van der Waals surface area contributed by atoms with Crippen LogP contribution in [-0.2, 0) is 9.53 Å². The van der Waals surface area contributed by atoms with Crippen molar-refractivity contribution in [2.45, 2.75) is 81.1 Å². The molecule has 2 aliphatic rings. The van der Waals surface area contributed by atoms with Gasteiger partial charge in [0.15, 0.2) is 0 Å². The zero-order chi connectivity index (χ0) is 20.3. The fourth-order valence-corrected chi connectivity index (χ4v) is 4.81. The molecule has 2 rings (SSSR count). The van der Waals surface area contributed by atoms with Crippen LogP contribution in [0.2, 0.25) is 0 Å². The van der Waals surface area contributed by atoms with E-state index in [-0.39, 0.29) is 24.4 Å². The molecule has 0 aromatic heterocycles. The summed E-state index contributed by atoms with van der Waals surface area (Å²) in [6.07, 6.45) is -1.50. The van der Waals surface area contributed by atoms with Crippen molar-refractivity contribution in [1.29, 1.82) is 0 Å². The molecule has 8 nitrogen and oxygen atoms in total. The molecule has 9 atom stereocenters. The van der Waals surface area contributed by atoms with Gasteiger partial charge in [0.25, 0.3) is 0 Å². The molecule has 2 heterocycles. The number of likely N-dealkylation sites (tertiary alicyclic amines) is 1. The fraction of sp³-hybridized carbons (Fsp3) is 0.944. The topological polar surface area (TPSA) is 122 Å². The van der Waals surface area contributed by atoms with Gasteiger partial charge in [-0.15, -0.1) is 24.2 Å². The molecule has 10 heteroatoms. The first kappa shape index (κ1) is 25.9. The predicted octanol–water partition coefficient (Wildman–Crippen LogP) is -0.435. The van der Waals surface area contributed by atoms with Crippen molar-refractivity contribution in [3.8, 4) is 0 Å². The van der Waals surface area contributed by atoms with E-state index in [1.54, 1.807) is 6.26 Å². The van der Waals surface area contributed by atoms with Crippen LogP contribution in [0.4, 0.5) is 0 Å². The van der Waals surface area contributed by atoms with E-state index in [4.69, 9.17) is 4.74 Å². The van der Waals surface area contributed by atoms with Crippen LogP contribution in [0.25, 0.3) is 0 Å². The van der Waals surface area contributed by atoms with E-state index in [1.807, 2.05) is 11.9 Å². The molecule has 28 heavy (non-hydrogen) atoms. The van der Waals surface area contributed by atoms with Gasteiger partial charge in [-0.2, -0.15) is 0 Å². The highest BCUT2D eigenvalue weighted by Gasteiger charge is 2.48. The number of ether oxygens (including phenoxy) is 1. The van der Waals surface area contributed by atoms with Crippen molar-refractivity contribution >= 4 is 30.1 Å². The van der Waals surface area contributed by atoms with Crippen molar-refractivity contribution in [2.24, 2.45) is 5.92 Å². The Morgan fingerprint density at radius 3 is 2.46 bits per heavy atom. The third-order valence-corrected chi connectivity index (χ3v) is 6.51. The van der Waals surface area contributed by atoms with Gasteiger partial charge < -0.3 is 30.5 Å². The Labute approximate surface area is 177 Å². The smallest absolute Gasteiger partial charge is 0.237 e. The van der Waals surface area contributed by atoms with Crippen LogP contribution >= 0.6 is 24.2 Å². The minimum atomic E-state index is -1.42. The van der Waals surface area contributed by atoms with Crippen molar-refractivity contribution in [3.63, 3.8) is 0 Å². The number of hydrogen-bond acceptors (Lipinski definition) is 8. The Hall–Kier alpha value is -0.130. The van der Waals surface area contributed by atoms with Crippen molar-refractivity contribution in [3.05, 3.63) is 0 Å². The third-order valence-electron chi connectivity index (χ3n) is 5.66. The normalized spacial score (nSPS) is 38.5. The number of thioether (sulfide) groups is 1. The Morgan fingerprint density at radius 2 is 1.93 bits per heavy atom. The number of aliphatic hydroxyl groups is 4. The highest BCUT2D eigenvalue weighted by atomic mass is 35.5. The largest absolute Gasteiger partial charge is 0.391 e. The SMILES string of the molecule is CCC[C@@H]1C[C@@H](C(=O)N[C@@H](C(C)O)[C@@H]2O[C@H](SC)[C@H](O)[C@@H](O)[C@H]2O)N(C)C1.Cl. The van der Waals surface area contributed by atoms with Gasteiger partial charge in [-0.1, -0.05) is 13.3 Å². The molecule has 166 valence electrons. The van der Waals surface area contributed by atoms with Gasteiger partial charge in [0.1, 0.15) is 29.9 Å². The number of carbonyl (C=O) groups excluding carboxylic acids is 1. The van der Waals surface area contributed by atoms with E-state index >= 15 is 0 Å². The average Bonchev–Trinajstić information content (AvgIpc) is 2.99. The lowest BCUT2D eigenvalue weighted by Crippen LogP contribution is -2.65. The van der Waals surface area contributed by atoms with E-state index in [0.29, 0.717) is 5.92 Å². The quantitative estimate of drug-likeness (QED) is 0.360. The molecular formula is C18H35ClN2O6S. The average molecular weight is 443 g/mol. The number of nitrogens with one attached hydrogen (secondary N) is 1. The molecule has 2 aliphatic heterocycles. The highest BCUT2D eigenvalue weighted by molar-refractivity contribution is 7.99. The second-order valence-electron chi connectivity index (χ2n) is 7.80. The van der Waals surface area contributed by atoms with Crippen LogP contribution in [-0.4, -0.2) is 99.1 Å². The Bertz CT molecular complexity index is 501. The highest BCUT2D eigenvalue weighted by Crippen LogP contribution is 2.30. The molecule has 0 radical (unpaired) electrons. The zero-order valence-corrected chi connectivity index (χ0v) is 18.5. The molecule has 1 unspecified atom stereocenters. The first-order valence-corrected chi connectivity index (χ1v) is 10.9.